The second kappa shape index (κ2) is 5.61. The van der Waals surface area contributed by atoms with E-state index in [2.05, 4.69) is 10.1 Å². The van der Waals surface area contributed by atoms with Crippen molar-refractivity contribution < 1.29 is 17.9 Å². The van der Waals surface area contributed by atoms with Crippen molar-refractivity contribution in [3.05, 3.63) is 29.8 Å². The van der Waals surface area contributed by atoms with Crippen molar-refractivity contribution in [2.75, 3.05) is 13.2 Å². The van der Waals surface area contributed by atoms with Crippen molar-refractivity contribution in [2.24, 2.45) is 0 Å². The third kappa shape index (κ3) is 3.91. The smallest absolute Gasteiger partial charge is 0.422 e. The molecule has 1 unspecified atom stereocenters. The quantitative estimate of drug-likeness (QED) is 0.897. The van der Waals surface area contributed by atoms with Gasteiger partial charge in [0.2, 0.25) is 0 Å². The summed E-state index contributed by atoms with van der Waals surface area (Å²) < 4.78 is 40.6. The molecular weight excluding hydrogens is 243 g/mol. The third-order valence-electron chi connectivity index (χ3n) is 3.00. The standard InChI is InChI=1S/C13H16F3NO/c14-13(15,16)9-18-11-6-4-10(5-7-11)12-3-1-2-8-17-12/h4-7,12,17H,1-3,8-9H2. The van der Waals surface area contributed by atoms with Gasteiger partial charge in [-0.1, -0.05) is 18.6 Å². The lowest BCUT2D eigenvalue weighted by Crippen LogP contribution is -2.26. The first-order valence-electron chi connectivity index (χ1n) is 6.07. The Morgan fingerprint density at radius 1 is 1.17 bits per heavy atom. The predicted octanol–water partition coefficient (Wildman–Crippen LogP) is 3.44. The van der Waals surface area contributed by atoms with Crippen LogP contribution in [-0.2, 0) is 0 Å². The summed E-state index contributed by atoms with van der Waals surface area (Å²) in [5.74, 6) is 0.256. The molecule has 1 atom stereocenters. The van der Waals surface area contributed by atoms with Gasteiger partial charge in [0, 0.05) is 6.04 Å². The van der Waals surface area contributed by atoms with Crippen molar-refractivity contribution in [2.45, 2.75) is 31.5 Å². The third-order valence-corrected chi connectivity index (χ3v) is 3.00. The first kappa shape index (κ1) is 13.2. The number of halogens is 3. The molecule has 5 heteroatoms. The van der Waals surface area contributed by atoms with E-state index in [0.29, 0.717) is 6.04 Å². The van der Waals surface area contributed by atoms with Gasteiger partial charge in [0.15, 0.2) is 6.61 Å². The van der Waals surface area contributed by atoms with Gasteiger partial charge in [-0.2, -0.15) is 13.2 Å². The minimum Gasteiger partial charge on any atom is -0.484 e. The number of hydrogen-bond donors (Lipinski definition) is 1. The van der Waals surface area contributed by atoms with Crippen LogP contribution in [0.2, 0.25) is 0 Å². The van der Waals surface area contributed by atoms with Gasteiger partial charge >= 0.3 is 6.18 Å². The zero-order valence-corrected chi connectivity index (χ0v) is 9.96. The number of piperidine rings is 1. The van der Waals surface area contributed by atoms with Crippen LogP contribution in [-0.4, -0.2) is 19.3 Å². The van der Waals surface area contributed by atoms with Crippen LogP contribution in [0, 0.1) is 0 Å². The van der Waals surface area contributed by atoms with Crippen LogP contribution < -0.4 is 10.1 Å². The Labute approximate surface area is 104 Å². The average molecular weight is 259 g/mol. The van der Waals surface area contributed by atoms with Gasteiger partial charge < -0.3 is 10.1 Å². The summed E-state index contributed by atoms with van der Waals surface area (Å²) in [6.45, 7) is -0.245. The van der Waals surface area contributed by atoms with Gasteiger partial charge in [-0.05, 0) is 37.1 Å². The van der Waals surface area contributed by atoms with Crippen LogP contribution >= 0.6 is 0 Å². The molecule has 0 aromatic heterocycles. The SMILES string of the molecule is FC(F)(F)COc1ccc(C2CCCCN2)cc1. The molecule has 1 aromatic rings. The van der Waals surface area contributed by atoms with E-state index in [1.165, 1.54) is 12.8 Å². The molecule has 1 N–H and O–H groups in total. The van der Waals surface area contributed by atoms with E-state index in [-0.39, 0.29) is 5.75 Å². The Balaban J connectivity index is 1.92. The van der Waals surface area contributed by atoms with E-state index in [0.717, 1.165) is 18.5 Å². The molecule has 1 aliphatic rings. The van der Waals surface area contributed by atoms with E-state index < -0.39 is 12.8 Å². The highest BCUT2D eigenvalue weighted by Gasteiger charge is 2.28. The summed E-state index contributed by atoms with van der Waals surface area (Å²) in [4.78, 5) is 0. The summed E-state index contributed by atoms with van der Waals surface area (Å²) in [5, 5.41) is 3.39. The van der Waals surface area contributed by atoms with Crippen LogP contribution in [0.4, 0.5) is 13.2 Å². The van der Waals surface area contributed by atoms with Gasteiger partial charge in [0.1, 0.15) is 5.75 Å². The second-order valence-corrected chi connectivity index (χ2v) is 4.48. The van der Waals surface area contributed by atoms with E-state index >= 15 is 0 Å². The fourth-order valence-electron chi connectivity index (χ4n) is 2.10. The molecule has 100 valence electrons. The van der Waals surface area contributed by atoms with Crippen LogP contribution in [0.5, 0.6) is 5.75 Å². The lowest BCUT2D eigenvalue weighted by atomic mass is 9.98. The van der Waals surface area contributed by atoms with Crippen LogP contribution in [0.15, 0.2) is 24.3 Å². The summed E-state index contributed by atoms with van der Waals surface area (Å²) in [7, 11) is 0. The highest BCUT2D eigenvalue weighted by molar-refractivity contribution is 5.29. The molecule has 1 saturated heterocycles. The zero-order chi connectivity index (χ0) is 13.0. The number of ether oxygens (including phenoxy) is 1. The Hall–Kier alpha value is -1.23. The van der Waals surface area contributed by atoms with Gasteiger partial charge in [-0.3, -0.25) is 0 Å². The molecule has 2 rings (SSSR count). The first-order chi connectivity index (χ1) is 8.54. The summed E-state index contributed by atoms with van der Waals surface area (Å²) in [5.41, 5.74) is 1.11. The molecule has 1 aromatic carbocycles. The molecule has 1 fully saturated rings. The van der Waals surface area contributed by atoms with E-state index in [4.69, 9.17) is 0 Å². The predicted molar refractivity (Wildman–Crippen MR) is 62.6 cm³/mol. The topological polar surface area (TPSA) is 21.3 Å². The molecular formula is C13H16F3NO. The lowest BCUT2D eigenvalue weighted by molar-refractivity contribution is -0.153. The number of hydrogen-bond acceptors (Lipinski definition) is 2. The van der Waals surface area contributed by atoms with Crippen molar-refractivity contribution >= 4 is 0 Å². The molecule has 0 saturated carbocycles. The maximum Gasteiger partial charge on any atom is 0.422 e. The Kier molecular flexibility index (Phi) is 4.11. The lowest BCUT2D eigenvalue weighted by Gasteiger charge is -2.24. The highest BCUT2D eigenvalue weighted by atomic mass is 19.4. The Morgan fingerprint density at radius 2 is 1.89 bits per heavy atom. The molecule has 2 nitrogen and oxygen atoms in total. The maximum absolute atomic E-state index is 12.0. The minimum absolute atomic E-state index is 0.256. The van der Waals surface area contributed by atoms with Gasteiger partial charge in [-0.25, -0.2) is 0 Å². The number of nitrogens with one attached hydrogen (secondary N) is 1. The summed E-state index contributed by atoms with van der Waals surface area (Å²) in [6.07, 6.45) is -0.848. The number of benzene rings is 1. The van der Waals surface area contributed by atoms with Crippen molar-refractivity contribution in [3.63, 3.8) is 0 Å². The molecule has 0 amide bonds. The molecule has 0 bridgehead atoms. The normalized spacial score (nSPS) is 20.7. The van der Waals surface area contributed by atoms with Crippen molar-refractivity contribution in [3.8, 4) is 5.75 Å². The fourth-order valence-corrected chi connectivity index (χ4v) is 2.10. The molecule has 1 aliphatic heterocycles. The summed E-state index contributed by atoms with van der Waals surface area (Å²) in [6, 6.07) is 7.16. The van der Waals surface area contributed by atoms with E-state index in [1.54, 1.807) is 12.1 Å². The first-order valence-corrected chi connectivity index (χ1v) is 6.07. The molecule has 0 spiro atoms. The molecule has 18 heavy (non-hydrogen) atoms. The molecule has 0 radical (unpaired) electrons. The van der Waals surface area contributed by atoms with Crippen LogP contribution in [0.1, 0.15) is 30.9 Å². The van der Waals surface area contributed by atoms with Crippen LogP contribution in [0.25, 0.3) is 0 Å². The summed E-state index contributed by atoms with van der Waals surface area (Å²) >= 11 is 0. The number of alkyl halides is 3. The minimum atomic E-state index is -4.29. The van der Waals surface area contributed by atoms with E-state index in [9.17, 15) is 13.2 Å². The molecule has 0 aliphatic carbocycles. The fraction of sp³-hybridized carbons (Fsp3) is 0.538. The average Bonchev–Trinajstić information content (AvgIpc) is 2.37. The van der Waals surface area contributed by atoms with Gasteiger partial charge in [0.05, 0.1) is 0 Å². The zero-order valence-electron chi connectivity index (χ0n) is 9.96. The highest BCUT2D eigenvalue weighted by Crippen LogP contribution is 2.25. The van der Waals surface area contributed by atoms with Crippen molar-refractivity contribution in [1.82, 2.24) is 5.32 Å². The van der Waals surface area contributed by atoms with Gasteiger partial charge in [-0.15, -0.1) is 0 Å². The molecule has 1 heterocycles. The van der Waals surface area contributed by atoms with Gasteiger partial charge in [0.25, 0.3) is 0 Å². The monoisotopic (exact) mass is 259 g/mol. The Morgan fingerprint density at radius 3 is 2.44 bits per heavy atom. The Bertz CT molecular complexity index is 369. The second-order valence-electron chi connectivity index (χ2n) is 4.48. The van der Waals surface area contributed by atoms with Crippen molar-refractivity contribution in [1.29, 1.82) is 0 Å². The maximum atomic E-state index is 12.0. The van der Waals surface area contributed by atoms with Crippen LogP contribution in [0.3, 0.4) is 0 Å². The largest absolute Gasteiger partial charge is 0.484 e. The van der Waals surface area contributed by atoms with E-state index in [1.807, 2.05) is 12.1 Å². The number of rotatable bonds is 3.